The average Bonchev–Trinajstić information content (AvgIpc) is 3.17. The molecule has 0 bridgehead atoms. The summed E-state index contributed by atoms with van der Waals surface area (Å²) in [5.41, 5.74) is 2.02. The molecule has 1 aromatic carbocycles. The lowest BCUT2D eigenvalue weighted by atomic mass is 9.94. The Morgan fingerprint density at radius 1 is 1.38 bits per heavy atom. The van der Waals surface area contributed by atoms with Crippen LogP contribution in [-0.2, 0) is 16.1 Å². The van der Waals surface area contributed by atoms with E-state index in [-0.39, 0.29) is 6.03 Å². The van der Waals surface area contributed by atoms with Crippen molar-refractivity contribution < 1.29 is 14.3 Å². The first kappa shape index (κ1) is 17.7. The number of benzene rings is 1. The Morgan fingerprint density at radius 3 is 2.85 bits per heavy atom. The molecule has 132 valence electrons. The van der Waals surface area contributed by atoms with Crippen molar-refractivity contribution in [2.45, 2.75) is 19.5 Å². The van der Waals surface area contributed by atoms with Crippen LogP contribution in [0.25, 0.3) is 0 Å². The standard InChI is InChI=1S/C19H17N3O3S/c1-12-16(18(23)25-2)17(14-6-3-5-13(9-14)10-20)21-19(24)22(12)11-15-7-4-8-26-15/h3-9,17H,11H2,1-2H3,(H,21,24). The van der Waals surface area contributed by atoms with E-state index in [9.17, 15) is 9.59 Å². The summed E-state index contributed by atoms with van der Waals surface area (Å²) in [6.07, 6.45) is 0. The molecule has 0 aliphatic carbocycles. The molecule has 0 saturated heterocycles. The lowest BCUT2D eigenvalue weighted by molar-refractivity contribution is -0.136. The molecule has 26 heavy (non-hydrogen) atoms. The SMILES string of the molecule is COC(=O)C1=C(C)N(Cc2cccs2)C(=O)NC1c1cccc(C#N)c1. The van der Waals surface area contributed by atoms with Gasteiger partial charge in [0.15, 0.2) is 0 Å². The summed E-state index contributed by atoms with van der Waals surface area (Å²) in [6.45, 7) is 2.11. The van der Waals surface area contributed by atoms with Gasteiger partial charge in [0.1, 0.15) is 0 Å². The van der Waals surface area contributed by atoms with Crippen LogP contribution in [0.2, 0.25) is 0 Å². The van der Waals surface area contributed by atoms with Gasteiger partial charge in [-0.15, -0.1) is 11.3 Å². The number of hydrogen-bond donors (Lipinski definition) is 1. The van der Waals surface area contributed by atoms with E-state index >= 15 is 0 Å². The first-order chi connectivity index (χ1) is 12.5. The fourth-order valence-corrected chi connectivity index (χ4v) is 3.63. The van der Waals surface area contributed by atoms with E-state index in [2.05, 4.69) is 11.4 Å². The number of methoxy groups -OCH3 is 1. The molecule has 1 aliphatic heterocycles. The Balaban J connectivity index is 2.05. The number of hydrogen-bond acceptors (Lipinski definition) is 5. The van der Waals surface area contributed by atoms with Crippen LogP contribution in [0.15, 0.2) is 53.0 Å². The average molecular weight is 367 g/mol. The van der Waals surface area contributed by atoms with Gasteiger partial charge >= 0.3 is 12.0 Å². The van der Waals surface area contributed by atoms with Crippen molar-refractivity contribution in [2.24, 2.45) is 0 Å². The Morgan fingerprint density at radius 2 is 2.19 bits per heavy atom. The first-order valence-corrected chi connectivity index (χ1v) is 8.82. The highest BCUT2D eigenvalue weighted by Crippen LogP contribution is 2.32. The van der Waals surface area contributed by atoms with Crippen LogP contribution >= 0.6 is 11.3 Å². The van der Waals surface area contributed by atoms with Crippen molar-refractivity contribution in [3.63, 3.8) is 0 Å². The van der Waals surface area contributed by atoms with Gasteiger partial charge in [0.05, 0.1) is 36.9 Å². The van der Waals surface area contributed by atoms with Gasteiger partial charge in [0.2, 0.25) is 0 Å². The van der Waals surface area contributed by atoms with Gasteiger partial charge in [-0.05, 0) is 36.1 Å². The molecule has 0 fully saturated rings. The molecule has 1 aromatic heterocycles. The molecule has 2 aromatic rings. The van der Waals surface area contributed by atoms with Gasteiger partial charge in [-0.3, -0.25) is 4.90 Å². The number of nitrogens with one attached hydrogen (secondary N) is 1. The number of nitriles is 1. The Kier molecular flexibility index (Phi) is 5.05. The van der Waals surface area contributed by atoms with Gasteiger partial charge in [-0.2, -0.15) is 5.26 Å². The number of thiophene rings is 1. The summed E-state index contributed by atoms with van der Waals surface area (Å²) in [5.74, 6) is -0.508. The van der Waals surface area contributed by atoms with E-state index in [0.717, 1.165) is 4.88 Å². The molecule has 0 radical (unpaired) electrons. The zero-order valence-electron chi connectivity index (χ0n) is 14.4. The molecule has 2 heterocycles. The zero-order valence-corrected chi connectivity index (χ0v) is 15.2. The molecule has 6 nitrogen and oxygen atoms in total. The Bertz CT molecular complexity index is 912. The first-order valence-electron chi connectivity index (χ1n) is 7.94. The molecule has 1 atom stereocenters. The third-order valence-corrected chi connectivity index (χ3v) is 5.11. The third kappa shape index (κ3) is 3.32. The van der Waals surface area contributed by atoms with Crippen LogP contribution in [0.1, 0.15) is 29.0 Å². The number of allylic oxidation sites excluding steroid dienone is 1. The maximum atomic E-state index is 12.7. The highest BCUT2D eigenvalue weighted by atomic mass is 32.1. The van der Waals surface area contributed by atoms with Crippen molar-refractivity contribution in [3.05, 3.63) is 69.1 Å². The van der Waals surface area contributed by atoms with Crippen LogP contribution in [0, 0.1) is 11.3 Å². The number of rotatable bonds is 4. The summed E-state index contributed by atoms with van der Waals surface area (Å²) in [7, 11) is 1.31. The highest BCUT2D eigenvalue weighted by Gasteiger charge is 2.36. The zero-order chi connectivity index (χ0) is 18.7. The van der Waals surface area contributed by atoms with E-state index in [4.69, 9.17) is 10.00 Å². The molecule has 0 saturated carbocycles. The van der Waals surface area contributed by atoms with E-state index in [1.54, 1.807) is 42.5 Å². The molecular formula is C19H17N3O3S. The second-order valence-corrected chi connectivity index (χ2v) is 6.81. The van der Waals surface area contributed by atoms with Gasteiger partial charge in [-0.25, -0.2) is 9.59 Å². The van der Waals surface area contributed by atoms with Crippen LogP contribution in [-0.4, -0.2) is 24.0 Å². The molecule has 1 aliphatic rings. The van der Waals surface area contributed by atoms with Crippen molar-refractivity contribution >= 4 is 23.3 Å². The number of urea groups is 1. The fourth-order valence-electron chi connectivity index (χ4n) is 2.94. The minimum Gasteiger partial charge on any atom is -0.466 e. The predicted octanol–water partition coefficient (Wildman–Crippen LogP) is 3.33. The number of amides is 2. The van der Waals surface area contributed by atoms with Gasteiger partial charge in [0.25, 0.3) is 0 Å². The quantitative estimate of drug-likeness (QED) is 0.840. The number of carbonyl (C=O) groups is 2. The number of carbonyl (C=O) groups excluding carboxylic acids is 2. The van der Waals surface area contributed by atoms with Gasteiger partial charge in [-0.1, -0.05) is 18.2 Å². The van der Waals surface area contributed by atoms with Crippen LogP contribution < -0.4 is 5.32 Å². The smallest absolute Gasteiger partial charge is 0.337 e. The van der Waals surface area contributed by atoms with Crippen molar-refractivity contribution in [3.8, 4) is 6.07 Å². The summed E-state index contributed by atoms with van der Waals surface area (Å²) < 4.78 is 4.95. The summed E-state index contributed by atoms with van der Waals surface area (Å²) in [5, 5.41) is 13.9. The number of nitrogens with zero attached hydrogens (tertiary/aromatic N) is 2. The molecule has 7 heteroatoms. The van der Waals surface area contributed by atoms with E-state index in [1.165, 1.54) is 12.0 Å². The lowest BCUT2D eigenvalue weighted by Gasteiger charge is -2.35. The normalized spacial score (nSPS) is 16.9. The lowest BCUT2D eigenvalue weighted by Crippen LogP contribution is -2.47. The Labute approximate surface area is 155 Å². The number of esters is 1. The fraction of sp³-hybridized carbons (Fsp3) is 0.211. The molecule has 0 spiro atoms. The van der Waals surface area contributed by atoms with Crippen molar-refractivity contribution in [2.75, 3.05) is 7.11 Å². The maximum Gasteiger partial charge on any atom is 0.337 e. The third-order valence-electron chi connectivity index (χ3n) is 4.24. The van der Waals surface area contributed by atoms with Crippen LogP contribution in [0.3, 0.4) is 0 Å². The van der Waals surface area contributed by atoms with Gasteiger partial charge in [0, 0.05) is 10.6 Å². The topological polar surface area (TPSA) is 82.4 Å². The summed E-state index contributed by atoms with van der Waals surface area (Å²) in [6, 6.07) is 11.8. The summed E-state index contributed by atoms with van der Waals surface area (Å²) >= 11 is 1.54. The monoisotopic (exact) mass is 367 g/mol. The predicted molar refractivity (Wildman–Crippen MR) is 97.0 cm³/mol. The van der Waals surface area contributed by atoms with E-state index in [0.29, 0.717) is 28.9 Å². The summed E-state index contributed by atoms with van der Waals surface area (Å²) in [4.78, 5) is 27.7. The Hall–Kier alpha value is -3.11. The molecule has 3 rings (SSSR count). The van der Waals surface area contributed by atoms with Gasteiger partial charge < -0.3 is 10.1 Å². The molecule has 2 amide bonds. The second-order valence-electron chi connectivity index (χ2n) is 5.78. The van der Waals surface area contributed by atoms with Crippen molar-refractivity contribution in [1.29, 1.82) is 5.26 Å². The molecule has 1 unspecified atom stereocenters. The molecular weight excluding hydrogens is 350 g/mol. The minimum absolute atomic E-state index is 0.295. The highest BCUT2D eigenvalue weighted by molar-refractivity contribution is 7.09. The van der Waals surface area contributed by atoms with Crippen LogP contribution in [0.5, 0.6) is 0 Å². The molecule has 1 N–H and O–H groups in total. The maximum absolute atomic E-state index is 12.7. The second kappa shape index (κ2) is 7.42. The largest absolute Gasteiger partial charge is 0.466 e. The van der Waals surface area contributed by atoms with Crippen LogP contribution in [0.4, 0.5) is 4.79 Å². The van der Waals surface area contributed by atoms with E-state index in [1.807, 2.05) is 17.5 Å². The minimum atomic E-state index is -0.664. The van der Waals surface area contributed by atoms with E-state index < -0.39 is 12.0 Å². The van der Waals surface area contributed by atoms with Crippen molar-refractivity contribution in [1.82, 2.24) is 10.2 Å². The number of ether oxygens (including phenoxy) is 1.